The molecule has 19 heavy (non-hydrogen) atoms. The van der Waals surface area contributed by atoms with Crippen LogP contribution in [0.25, 0.3) is 0 Å². The van der Waals surface area contributed by atoms with Gasteiger partial charge in [-0.3, -0.25) is 9.69 Å². The molecule has 0 radical (unpaired) electrons. The second kappa shape index (κ2) is 7.25. The molecule has 2 N–H and O–H groups in total. The summed E-state index contributed by atoms with van der Waals surface area (Å²) in [6.07, 6.45) is 3.92. The first-order valence-electron chi connectivity index (χ1n) is 7.41. The average Bonchev–Trinajstić information content (AvgIpc) is 2.62. The van der Waals surface area contributed by atoms with Crippen molar-refractivity contribution in [3.05, 3.63) is 0 Å². The van der Waals surface area contributed by atoms with E-state index in [0.717, 1.165) is 38.8 Å². The third kappa shape index (κ3) is 6.92. The number of carbonyl (C=O) groups excluding carboxylic acids is 1. The summed E-state index contributed by atoms with van der Waals surface area (Å²) in [4.78, 5) is 13.8. The number of rotatable bonds is 6. The Morgan fingerprint density at radius 3 is 2.58 bits per heavy atom. The van der Waals surface area contributed by atoms with E-state index in [-0.39, 0.29) is 17.4 Å². The van der Waals surface area contributed by atoms with Crippen LogP contribution in [-0.4, -0.2) is 48.7 Å². The Labute approximate surface area is 117 Å². The molecule has 0 bridgehead atoms. The highest BCUT2D eigenvalue weighted by molar-refractivity contribution is 5.77. The SMILES string of the molecule is CN(CC(=O)NCCC(C)(C)C)CC1CCCC1O. The van der Waals surface area contributed by atoms with Gasteiger partial charge in [0.1, 0.15) is 0 Å². The Morgan fingerprint density at radius 1 is 1.37 bits per heavy atom. The zero-order chi connectivity index (χ0) is 14.5. The predicted octanol–water partition coefficient (Wildman–Crippen LogP) is 1.63. The van der Waals surface area contributed by atoms with E-state index in [2.05, 4.69) is 26.1 Å². The number of aliphatic hydroxyl groups is 1. The van der Waals surface area contributed by atoms with Crippen LogP contribution in [-0.2, 0) is 4.79 Å². The first-order valence-corrected chi connectivity index (χ1v) is 7.41. The molecule has 4 nitrogen and oxygen atoms in total. The lowest BCUT2D eigenvalue weighted by molar-refractivity contribution is -0.122. The Bertz CT molecular complexity index is 286. The molecule has 0 aliphatic heterocycles. The minimum Gasteiger partial charge on any atom is -0.393 e. The molecule has 0 aromatic carbocycles. The first kappa shape index (κ1) is 16.4. The van der Waals surface area contributed by atoms with Crippen molar-refractivity contribution in [2.45, 2.75) is 52.6 Å². The van der Waals surface area contributed by atoms with E-state index in [1.165, 1.54) is 0 Å². The molecule has 1 aliphatic rings. The van der Waals surface area contributed by atoms with Crippen LogP contribution in [0.1, 0.15) is 46.5 Å². The number of hydrogen-bond donors (Lipinski definition) is 2. The Hall–Kier alpha value is -0.610. The third-order valence-electron chi connectivity index (χ3n) is 3.78. The number of aliphatic hydroxyl groups excluding tert-OH is 1. The summed E-state index contributed by atoms with van der Waals surface area (Å²) in [6.45, 7) is 8.50. The molecule has 0 aromatic heterocycles. The molecule has 2 unspecified atom stereocenters. The van der Waals surface area contributed by atoms with Crippen molar-refractivity contribution in [1.29, 1.82) is 0 Å². The van der Waals surface area contributed by atoms with Crippen molar-refractivity contribution in [2.24, 2.45) is 11.3 Å². The maximum Gasteiger partial charge on any atom is 0.234 e. The van der Waals surface area contributed by atoms with Gasteiger partial charge >= 0.3 is 0 Å². The van der Waals surface area contributed by atoms with Gasteiger partial charge in [-0.05, 0) is 37.6 Å². The van der Waals surface area contributed by atoms with Crippen molar-refractivity contribution in [3.63, 3.8) is 0 Å². The van der Waals surface area contributed by atoms with Gasteiger partial charge in [0.25, 0.3) is 0 Å². The fraction of sp³-hybridized carbons (Fsp3) is 0.933. The van der Waals surface area contributed by atoms with Crippen LogP contribution >= 0.6 is 0 Å². The van der Waals surface area contributed by atoms with Gasteiger partial charge < -0.3 is 10.4 Å². The molecule has 0 spiro atoms. The number of amides is 1. The van der Waals surface area contributed by atoms with Crippen LogP contribution in [0.4, 0.5) is 0 Å². The fourth-order valence-corrected chi connectivity index (χ4v) is 2.57. The second-order valence-electron chi connectivity index (χ2n) is 7.12. The minimum atomic E-state index is -0.175. The van der Waals surface area contributed by atoms with Gasteiger partial charge in [-0.25, -0.2) is 0 Å². The molecule has 1 fully saturated rings. The van der Waals surface area contributed by atoms with Crippen molar-refractivity contribution in [2.75, 3.05) is 26.7 Å². The molecule has 2 atom stereocenters. The molecular weight excluding hydrogens is 240 g/mol. The molecule has 1 saturated carbocycles. The maximum atomic E-state index is 11.8. The first-order chi connectivity index (χ1) is 8.78. The van der Waals surface area contributed by atoms with Crippen LogP contribution in [0, 0.1) is 11.3 Å². The van der Waals surface area contributed by atoms with E-state index in [4.69, 9.17) is 0 Å². The number of likely N-dealkylation sites (N-methyl/N-ethyl adjacent to an activating group) is 1. The molecule has 1 aliphatic carbocycles. The summed E-state index contributed by atoms with van der Waals surface area (Å²) in [7, 11) is 1.95. The maximum absolute atomic E-state index is 11.8. The zero-order valence-electron chi connectivity index (χ0n) is 12.9. The Balaban J connectivity index is 2.17. The third-order valence-corrected chi connectivity index (χ3v) is 3.78. The smallest absolute Gasteiger partial charge is 0.234 e. The number of hydrogen-bond acceptors (Lipinski definition) is 3. The zero-order valence-corrected chi connectivity index (χ0v) is 12.9. The van der Waals surface area contributed by atoms with E-state index in [9.17, 15) is 9.90 Å². The Kier molecular flexibility index (Phi) is 6.27. The normalized spacial score (nSPS) is 23.9. The highest BCUT2D eigenvalue weighted by Gasteiger charge is 2.26. The molecule has 0 heterocycles. The molecule has 0 saturated heterocycles. The van der Waals surface area contributed by atoms with E-state index in [1.54, 1.807) is 0 Å². The van der Waals surface area contributed by atoms with Crippen LogP contribution in [0.3, 0.4) is 0 Å². The lowest BCUT2D eigenvalue weighted by Gasteiger charge is -2.23. The van der Waals surface area contributed by atoms with Crippen LogP contribution in [0.15, 0.2) is 0 Å². The molecule has 1 amide bonds. The highest BCUT2D eigenvalue weighted by atomic mass is 16.3. The van der Waals surface area contributed by atoms with Gasteiger partial charge in [-0.2, -0.15) is 0 Å². The van der Waals surface area contributed by atoms with Gasteiger partial charge in [-0.1, -0.05) is 27.2 Å². The molecule has 4 heteroatoms. The predicted molar refractivity (Wildman–Crippen MR) is 77.9 cm³/mol. The van der Waals surface area contributed by atoms with E-state index in [0.29, 0.717) is 12.5 Å². The van der Waals surface area contributed by atoms with Gasteiger partial charge in [0.05, 0.1) is 12.6 Å². The lowest BCUT2D eigenvalue weighted by Crippen LogP contribution is -2.39. The summed E-state index contributed by atoms with van der Waals surface area (Å²) in [5.41, 5.74) is 0.257. The van der Waals surface area contributed by atoms with Crippen LogP contribution in [0.5, 0.6) is 0 Å². The summed E-state index contributed by atoms with van der Waals surface area (Å²) < 4.78 is 0. The average molecular weight is 270 g/mol. The molecular formula is C15H30N2O2. The fourth-order valence-electron chi connectivity index (χ4n) is 2.57. The largest absolute Gasteiger partial charge is 0.393 e. The van der Waals surface area contributed by atoms with Gasteiger partial charge in [0.15, 0.2) is 0 Å². The van der Waals surface area contributed by atoms with Crippen molar-refractivity contribution in [1.82, 2.24) is 10.2 Å². The Morgan fingerprint density at radius 2 is 2.05 bits per heavy atom. The topological polar surface area (TPSA) is 52.6 Å². The minimum absolute atomic E-state index is 0.0826. The van der Waals surface area contributed by atoms with Crippen LogP contribution in [0.2, 0.25) is 0 Å². The van der Waals surface area contributed by atoms with Crippen molar-refractivity contribution in [3.8, 4) is 0 Å². The number of carbonyl (C=O) groups is 1. The summed E-state index contributed by atoms with van der Waals surface area (Å²) >= 11 is 0. The monoisotopic (exact) mass is 270 g/mol. The van der Waals surface area contributed by atoms with Crippen molar-refractivity contribution >= 4 is 5.91 Å². The summed E-state index contributed by atoms with van der Waals surface area (Å²) in [6, 6.07) is 0. The second-order valence-corrected chi connectivity index (χ2v) is 7.12. The van der Waals surface area contributed by atoms with Gasteiger partial charge in [0.2, 0.25) is 5.91 Å². The van der Waals surface area contributed by atoms with E-state index >= 15 is 0 Å². The standard InChI is InChI=1S/C15H30N2O2/c1-15(2,3)8-9-16-14(19)11-17(4)10-12-6-5-7-13(12)18/h12-13,18H,5-11H2,1-4H3,(H,16,19). The van der Waals surface area contributed by atoms with Crippen molar-refractivity contribution < 1.29 is 9.90 Å². The van der Waals surface area contributed by atoms with Crippen LogP contribution < -0.4 is 5.32 Å². The van der Waals surface area contributed by atoms with E-state index in [1.807, 2.05) is 11.9 Å². The summed E-state index contributed by atoms with van der Waals surface area (Å²) in [5, 5.41) is 12.7. The van der Waals surface area contributed by atoms with E-state index < -0.39 is 0 Å². The summed E-state index contributed by atoms with van der Waals surface area (Å²) in [5.74, 6) is 0.423. The lowest BCUT2D eigenvalue weighted by atomic mass is 9.92. The highest BCUT2D eigenvalue weighted by Crippen LogP contribution is 2.25. The number of nitrogens with one attached hydrogen (secondary N) is 1. The molecule has 112 valence electrons. The molecule has 1 rings (SSSR count). The van der Waals surface area contributed by atoms with Gasteiger partial charge in [-0.15, -0.1) is 0 Å². The molecule has 0 aromatic rings. The number of nitrogens with zero attached hydrogens (tertiary/aromatic N) is 1. The quantitative estimate of drug-likeness (QED) is 0.771. The van der Waals surface area contributed by atoms with Gasteiger partial charge in [0, 0.05) is 13.1 Å².